The number of carbonyl (C=O) groups excluding carboxylic acids is 1. The van der Waals surface area contributed by atoms with Gasteiger partial charge in [0.1, 0.15) is 11.9 Å². The van der Waals surface area contributed by atoms with E-state index in [9.17, 15) is 9.59 Å². The van der Waals surface area contributed by atoms with E-state index >= 15 is 0 Å². The molecule has 0 aliphatic rings. The zero-order chi connectivity index (χ0) is 13.9. The summed E-state index contributed by atoms with van der Waals surface area (Å²) in [5.74, 6) is -0.722. The highest BCUT2D eigenvalue weighted by Gasteiger charge is 2.23. The van der Waals surface area contributed by atoms with Gasteiger partial charge >= 0.3 is 5.97 Å². The summed E-state index contributed by atoms with van der Waals surface area (Å²) in [7, 11) is 5.11. The van der Waals surface area contributed by atoms with E-state index in [4.69, 9.17) is 5.11 Å². The monoisotopic (exact) mass is 251 g/mol. The number of amides is 1. The number of aromatic nitrogens is 1. The molecule has 0 bridgehead atoms. The maximum absolute atomic E-state index is 12.1. The molecule has 0 aliphatic carbocycles. The van der Waals surface area contributed by atoms with Crippen molar-refractivity contribution < 1.29 is 14.7 Å². The van der Waals surface area contributed by atoms with Gasteiger partial charge in [-0.05, 0) is 19.1 Å². The van der Waals surface area contributed by atoms with E-state index < -0.39 is 12.0 Å². The number of pyridine rings is 1. The number of nitrogens with zero attached hydrogens (tertiary/aromatic N) is 3. The number of carboxylic acid groups (broad SMARTS) is 1. The van der Waals surface area contributed by atoms with E-state index in [1.54, 1.807) is 17.0 Å². The summed E-state index contributed by atoms with van der Waals surface area (Å²) in [6.45, 7) is 1.47. The molecule has 1 amide bonds. The number of carbonyl (C=O) groups is 2. The van der Waals surface area contributed by atoms with Gasteiger partial charge in [0, 0.05) is 32.9 Å². The van der Waals surface area contributed by atoms with E-state index in [2.05, 4.69) is 4.98 Å². The summed E-state index contributed by atoms with van der Waals surface area (Å²) in [6, 6.07) is 2.34. The number of hydrogen-bond acceptors (Lipinski definition) is 4. The molecule has 18 heavy (non-hydrogen) atoms. The molecule has 0 spiro atoms. The number of anilines is 1. The highest BCUT2D eigenvalue weighted by atomic mass is 16.4. The van der Waals surface area contributed by atoms with E-state index in [0.717, 1.165) is 0 Å². The van der Waals surface area contributed by atoms with Crippen LogP contribution in [-0.4, -0.2) is 54.1 Å². The van der Waals surface area contributed by atoms with Crippen LogP contribution in [0.5, 0.6) is 0 Å². The van der Waals surface area contributed by atoms with E-state index in [-0.39, 0.29) is 5.91 Å². The van der Waals surface area contributed by atoms with Crippen LogP contribution in [0.15, 0.2) is 18.3 Å². The second-order valence-electron chi connectivity index (χ2n) is 4.23. The van der Waals surface area contributed by atoms with Crippen molar-refractivity contribution in [3.63, 3.8) is 0 Å². The van der Waals surface area contributed by atoms with Crippen molar-refractivity contribution in [2.24, 2.45) is 0 Å². The second-order valence-corrected chi connectivity index (χ2v) is 4.23. The molecule has 6 heteroatoms. The standard InChI is InChI=1S/C12H17N3O3/c1-8(12(17)18)15(4)11(16)9-5-6-13-10(7-9)14(2)3/h5-8H,1-4H3,(H,17,18). The fourth-order valence-electron chi connectivity index (χ4n) is 1.34. The fraction of sp³-hybridized carbons (Fsp3) is 0.417. The normalized spacial score (nSPS) is 11.8. The van der Waals surface area contributed by atoms with Gasteiger partial charge in [-0.25, -0.2) is 9.78 Å². The molecule has 0 aliphatic heterocycles. The number of likely N-dealkylation sites (N-methyl/N-ethyl adjacent to an activating group) is 1. The minimum absolute atomic E-state index is 0.338. The SMILES string of the molecule is CC(C(=O)O)N(C)C(=O)c1ccnc(N(C)C)c1. The molecule has 1 rings (SSSR count). The van der Waals surface area contributed by atoms with Crippen LogP contribution in [0.3, 0.4) is 0 Å². The van der Waals surface area contributed by atoms with Crippen LogP contribution in [0.4, 0.5) is 5.82 Å². The Morgan fingerprint density at radius 2 is 1.94 bits per heavy atom. The zero-order valence-electron chi connectivity index (χ0n) is 10.9. The maximum atomic E-state index is 12.1. The summed E-state index contributed by atoms with van der Waals surface area (Å²) in [6.07, 6.45) is 1.53. The molecular formula is C12H17N3O3. The molecule has 1 heterocycles. The van der Waals surface area contributed by atoms with Crippen molar-refractivity contribution >= 4 is 17.7 Å². The molecule has 1 atom stereocenters. The van der Waals surface area contributed by atoms with Crippen LogP contribution < -0.4 is 4.90 Å². The molecule has 0 fully saturated rings. The Bertz CT molecular complexity index is 460. The lowest BCUT2D eigenvalue weighted by atomic mass is 10.2. The summed E-state index contributed by atoms with van der Waals surface area (Å²) in [5.41, 5.74) is 0.421. The first-order valence-corrected chi connectivity index (χ1v) is 5.48. The lowest BCUT2D eigenvalue weighted by Gasteiger charge is -2.22. The molecule has 98 valence electrons. The molecule has 1 aromatic heterocycles. The van der Waals surface area contributed by atoms with Crippen LogP contribution >= 0.6 is 0 Å². The van der Waals surface area contributed by atoms with Crippen molar-refractivity contribution in [3.05, 3.63) is 23.9 Å². The smallest absolute Gasteiger partial charge is 0.326 e. The molecule has 0 saturated carbocycles. The largest absolute Gasteiger partial charge is 0.480 e. The number of hydrogen-bond donors (Lipinski definition) is 1. The first kappa shape index (κ1) is 14.0. The van der Waals surface area contributed by atoms with Gasteiger partial charge in [-0.2, -0.15) is 0 Å². The van der Waals surface area contributed by atoms with E-state index in [1.807, 2.05) is 14.1 Å². The Hall–Kier alpha value is -2.11. The van der Waals surface area contributed by atoms with Crippen LogP contribution in [0, 0.1) is 0 Å². The molecule has 1 unspecified atom stereocenters. The van der Waals surface area contributed by atoms with Gasteiger partial charge in [0.2, 0.25) is 0 Å². The van der Waals surface area contributed by atoms with Crippen LogP contribution in [0.2, 0.25) is 0 Å². The third-order valence-electron chi connectivity index (χ3n) is 2.71. The predicted molar refractivity (Wildman–Crippen MR) is 67.8 cm³/mol. The molecule has 0 saturated heterocycles. The Kier molecular flexibility index (Phi) is 4.25. The van der Waals surface area contributed by atoms with Crippen molar-refractivity contribution in [2.45, 2.75) is 13.0 Å². The second kappa shape index (κ2) is 5.48. The molecule has 6 nitrogen and oxygen atoms in total. The lowest BCUT2D eigenvalue weighted by Crippen LogP contribution is -2.40. The predicted octanol–water partition coefficient (Wildman–Crippen LogP) is 0.693. The molecule has 0 aromatic carbocycles. The quantitative estimate of drug-likeness (QED) is 0.852. The first-order valence-electron chi connectivity index (χ1n) is 5.48. The molecule has 1 N–H and O–H groups in total. The van der Waals surface area contributed by atoms with Gasteiger partial charge in [0.25, 0.3) is 5.91 Å². The average molecular weight is 251 g/mol. The summed E-state index contributed by atoms with van der Waals surface area (Å²) < 4.78 is 0. The van der Waals surface area contributed by atoms with Gasteiger partial charge in [-0.15, -0.1) is 0 Å². The zero-order valence-corrected chi connectivity index (χ0v) is 10.9. The minimum Gasteiger partial charge on any atom is -0.480 e. The Balaban J connectivity index is 2.97. The number of aliphatic carboxylic acids is 1. The van der Waals surface area contributed by atoms with Gasteiger partial charge in [-0.3, -0.25) is 4.79 Å². The number of carboxylic acids is 1. The van der Waals surface area contributed by atoms with Gasteiger partial charge in [0.15, 0.2) is 0 Å². The van der Waals surface area contributed by atoms with Crippen molar-refractivity contribution in [1.82, 2.24) is 9.88 Å². The lowest BCUT2D eigenvalue weighted by molar-refractivity contribution is -0.141. The third-order valence-corrected chi connectivity index (χ3v) is 2.71. The molecule has 0 radical (unpaired) electrons. The van der Waals surface area contributed by atoms with Crippen LogP contribution in [-0.2, 0) is 4.79 Å². The summed E-state index contributed by atoms with van der Waals surface area (Å²) in [4.78, 5) is 30.0. The van der Waals surface area contributed by atoms with Gasteiger partial charge < -0.3 is 14.9 Å². The Morgan fingerprint density at radius 3 is 2.44 bits per heavy atom. The summed E-state index contributed by atoms with van der Waals surface area (Å²) in [5, 5.41) is 8.88. The Labute approximate surface area is 106 Å². The van der Waals surface area contributed by atoms with Gasteiger partial charge in [0.05, 0.1) is 0 Å². The van der Waals surface area contributed by atoms with Gasteiger partial charge in [-0.1, -0.05) is 0 Å². The maximum Gasteiger partial charge on any atom is 0.326 e. The van der Waals surface area contributed by atoms with Crippen LogP contribution in [0.25, 0.3) is 0 Å². The van der Waals surface area contributed by atoms with E-state index in [0.29, 0.717) is 11.4 Å². The average Bonchev–Trinajstić information content (AvgIpc) is 2.36. The van der Waals surface area contributed by atoms with Crippen LogP contribution in [0.1, 0.15) is 17.3 Å². The Morgan fingerprint density at radius 1 is 1.33 bits per heavy atom. The first-order chi connectivity index (χ1) is 8.34. The van der Waals surface area contributed by atoms with Crippen molar-refractivity contribution in [2.75, 3.05) is 26.0 Å². The molecular weight excluding hydrogens is 234 g/mol. The van der Waals surface area contributed by atoms with Crippen molar-refractivity contribution in [1.29, 1.82) is 0 Å². The van der Waals surface area contributed by atoms with Crippen molar-refractivity contribution in [3.8, 4) is 0 Å². The third kappa shape index (κ3) is 2.97. The number of rotatable bonds is 4. The fourth-order valence-corrected chi connectivity index (χ4v) is 1.34. The van der Waals surface area contributed by atoms with E-state index in [1.165, 1.54) is 25.1 Å². The highest BCUT2D eigenvalue weighted by Crippen LogP contribution is 2.12. The minimum atomic E-state index is -1.03. The highest BCUT2D eigenvalue weighted by molar-refractivity contribution is 5.96. The topological polar surface area (TPSA) is 73.7 Å². The summed E-state index contributed by atoms with van der Waals surface area (Å²) >= 11 is 0. The molecule has 1 aromatic rings.